The summed E-state index contributed by atoms with van der Waals surface area (Å²) < 4.78 is 31.2. The van der Waals surface area contributed by atoms with Crippen LogP contribution in [0.15, 0.2) is 21.6 Å². The molecular weight excluding hydrogens is 262 g/mol. The van der Waals surface area contributed by atoms with Gasteiger partial charge in [0.15, 0.2) is 0 Å². The van der Waals surface area contributed by atoms with E-state index in [0.29, 0.717) is 24.8 Å². The summed E-state index contributed by atoms with van der Waals surface area (Å²) in [4.78, 5) is 0. The molecule has 2 rings (SSSR count). The highest BCUT2D eigenvalue weighted by atomic mass is 35.5. The van der Waals surface area contributed by atoms with Gasteiger partial charge in [-0.25, -0.2) is 8.42 Å². The number of alkyl halides is 1. The third-order valence-electron chi connectivity index (χ3n) is 2.87. The lowest BCUT2D eigenvalue weighted by Gasteiger charge is -2.18. The lowest BCUT2D eigenvalue weighted by atomic mass is 10.4. The van der Waals surface area contributed by atoms with Gasteiger partial charge in [-0.1, -0.05) is 6.92 Å². The molecule has 0 aliphatic heterocycles. The highest BCUT2D eigenvalue weighted by molar-refractivity contribution is 7.89. The maximum Gasteiger partial charge on any atom is 0.276 e. The maximum absolute atomic E-state index is 12.2. The number of hydrogen-bond acceptors (Lipinski definition) is 3. The molecule has 96 valence electrons. The molecule has 0 spiro atoms. The predicted molar refractivity (Wildman–Crippen MR) is 65.4 cm³/mol. The van der Waals surface area contributed by atoms with Gasteiger partial charge in [0.2, 0.25) is 5.09 Å². The summed E-state index contributed by atoms with van der Waals surface area (Å²) in [6.07, 6.45) is 2.24. The quantitative estimate of drug-likeness (QED) is 0.751. The van der Waals surface area contributed by atoms with Crippen LogP contribution in [0.1, 0.15) is 25.5 Å². The zero-order valence-corrected chi connectivity index (χ0v) is 11.3. The number of rotatable bonds is 6. The van der Waals surface area contributed by atoms with Gasteiger partial charge in [0, 0.05) is 13.1 Å². The van der Waals surface area contributed by atoms with Crippen molar-refractivity contribution in [3.8, 4) is 0 Å². The topological polar surface area (TPSA) is 50.5 Å². The average molecular weight is 278 g/mol. The monoisotopic (exact) mass is 277 g/mol. The summed E-state index contributed by atoms with van der Waals surface area (Å²) in [6, 6.07) is 3.08. The Bertz CT molecular complexity index is 479. The Morgan fingerprint density at radius 1 is 1.47 bits per heavy atom. The minimum absolute atomic E-state index is 0.00403. The van der Waals surface area contributed by atoms with E-state index < -0.39 is 10.0 Å². The molecule has 1 heterocycles. The fourth-order valence-corrected chi connectivity index (χ4v) is 3.28. The van der Waals surface area contributed by atoms with Crippen molar-refractivity contribution in [2.75, 3.05) is 13.1 Å². The van der Waals surface area contributed by atoms with E-state index in [1.54, 1.807) is 6.07 Å². The van der Waals surface area contributed by atoms with Gasteiger partial charge in [-0.15, -0.1) is 11.6 Å². The molecule has 1 aromatic rings. The van der Waals surface area contributed by atoms with Crippen molar-refractivity contribution in [2.45, 2.75) is 30.7 Å². The number of furan rings is 1. The second-order valence-electron chi connectivity index (χ2n) is 4.25. The Labute approximate surface area is 107 Å². The standard InChI is InChI=1S/C11H16ClNO3S/c1-2-13(8-9-3-4-9)17(14,15)11-6-5-10(7-12)16-11/h5-6,9H,2-4,7-8H2,1H3. The molecule has 1 aromatic heterocycles. The Balaban J connectivity index is 2.19. The fraction of sp³-hybridized carbons (Fsp3) is 0.636. The Morgan fingerprint density at radius 2 is 2.18 bits per heavy atom. The maximum atomic E-state index is 12.2. The molecule has 0 saturated heterocycles. The van der Waals surface area contributed by atoms with Crippen LogP contribution >= 0.6 is 11.6 Å². The molecule has 0 amide bonds. The molecule has 1 saturated carbocycles. The van der Waals surface area contributed by atoms with E-state index >= 15 is 0 Å². The molecule has 0 unspecified atom stereocenters. The zero-order valence-electron chi connectivity index (χ0n) is 9.73. The molecule has 17 heavy (non-hydrogen) atoms. The van der Waals surface area contributed by atoms with Gasteiger partial charge in [0.25, 0.3) is 10.0 Å². The van der Waals surface area contributed by atoms with E-state index in [1.807, 2.05) is 6.92 Å². The SMILES string of the molecule is CCN(CC1CC1)S(=O)(=O)c1ccc(CCl)o1. The van der Waals surface area contributed by atoms with Crippen molar-refractivity contribution in [3.63, 3.8) is 0 Å². The summed E-state index contributed by atoms with van der Waals surface area (Å²) in [5, 5.41) is -0.00403. The van der Waals surface area contributed by atoms with E-state index in [9.17, 15) is 8.42 Å². The average Bonchev–Trinajstić information content (AvgIpc) is 2.99. The van der Waals surface area contributed by atoms with Crippen LogP contribution in [-0.4, -0.2) is 25.8 Å². The third-order valence-corrected chi connectivity index (χ3v) is 4.95. The number of hydrogen-bond donors (Lipinski definition) is 0. The molecule has 0 bridgehead atoms. The van der Waals surface area contributed by atoms with E-state index in [1.165, 1.54) is 10.4 Å². The first-order valence-electron chi connectivity index (χ1n) is 5.72. The van der Waals surface area contributed by atoms with Crippen LogP contribution in [0.2, 0.25) is 0 Å². The van der Waals surface area contributed by atoms with Crippen LogP contribution in [0.3, 0.4) is 0 Å². The van der Waals surface area contributed by atoms with Crippen molar-refractivity contribution in [2.24, 2.45) is 5.92 Å². The Hall–Kier alpha value is -0.520. The minimum Gasteiger partial charge on any atom is -0.447 e. The summed E-state index contributed by atoms with van der Waals surface area (Å²) >= 11 is 5.60. The Morgan fingerprint density at radius 3 is 2.65 bits per heavy atom. The normalized spacial score (nSPS) is 16.6. The Kier molecular flexibility index (Phi) is 3.80. The molecule has 0 atom stereocenters. The first-order chi connectivity index (χ1) is 8.07. The highest BCUT2D eigenvalue weighted by Crippen LogP contribution is 2.31. The largest absolute Gasteiger partial charge is 0.447 e. The van der Waals surface area contributed by atoms with E-state index in [0.717, 1.165) is 12.8 Å². The number of nitrogens with zero attached hydrogens (tertiary/aromatic N) is 1. The zero-order chi connectivity index (χ0) is 12.5. The van der Waals surface area contributed by atoms with E-state index in [-0.39, 0.29) is 11.0 Å². The van der Waals surface area contributed by atoms with Crippen LogP contribution in [0.4, 0.5) is 0 Å². The van der Waals surface area contributed by atoms with Gasteiger partial charge in [-0.05, 0) is 30.9 Å². The van der Waals surface area contributed by atoms with Gasteiger partial charge in [0.1, 0.15) is 5.76 Å². The van der Waals surface area contributed by atoms with Crippen LogP contribution in [0.5, 0.6) is 0 Å². The van der Waals surface area contributed by atoms with E-state index in [4.69, 9.17) is 16.0 Å². The minimum atomic E-state index is -3.49. The summed E-state index contributed by atoms with van der Waals surface area (Å²) in [5.41, 5.74) is 0. The van der Waals surface area contributed by atoms with Crippen molar-refractivity contribution in [3.05, 3.63) is 17.9 Å². The number of sulfonamides is 1. The lowest BCUT2D eigenvalue weighted by molar-refractivity contribution is 0.371. The summed E-state index contributed by atoms with van der Waals surface area (Å²) in [5.74, 6) is 1.18. The number of halogens is 1. The second kappa shape index (κ2) is 5.00. The third kappa shape index (κ3) is 2.84. The fourth-order valence-electron chi connectivity index (χ4n) is 1.68. The highest BCUT2D eigenvalue weighted by Gasteiger charge is 2.32. The lowest BCUT2D eigenvalue weighted by Crippen LogP contribution is -2.32. The van der Waals surface area contributed by atoms with Crippen molar-refractivity contribution in [1.82, 2.24) is 4.31 Å². The molecular formula is C11H16ClNO3S. The van der Waals surface area contributed by atoms with Crippen LogP contribution < -0.4 is 0 Å². The molecule has 1 fully saturated rings. The van der Waals surface area contributed by atoms with Gasteiger partial charge in [-0.2, -0.15) is 4.31 Å². The van der Waals surface area contributed by atoms with E-state index in [2.05, 4.69) is 0 Å². The van der Waals surface area contributed by atoms with Crippen molar-refractivity contribution < 1.29 is 12.8 Å². The predicted octanol–water partition coefficient (Wildman–Crippen LogP) is 2.44. The van der Waals surface area contributed by atoms with Crippen LogP contribution in [-0.2, 0) is 15.9 Å². The van der Waals surface area contributed by atoms with Crippen LogP contribution in [0, 0.1) is 5.92 Å². The molecule has 4 nitrogen and oxygen atoms in total. The summed E-state index contributed by atoms with van der Waals surface area (Å²) in [7, 11) is -3.49. The molecule has 0 N–H and O–H groups in total. The van der Waals surface area contributed by atoms with Gasteiger partial charge in [-0.3, -0.25) is 0 Å². The molecule has 1 aliphatic rings. The first-order valence-corrected chi connectivity index (χ1v) is 7.70. The summed E-state index contributed by atoms with van der Waals surface area (Å²) in [6.45, 7) is 2.90. The van der Waals surface area contributed by atoms with Crippen molar-refractivity contribution in [1.29, 1.82) is 0 Å². The van der Waals surface area contributed by atoms with Gasteiger partial charge >= 0.3 is 0 Å². The first kappa shape index (κ1) is 12.9. The van der Waals surface area contributed by atoms with Crippen LogP contribution in [0.25, 0.3) is 0 Å². The molecule has 1 aliphatic carbocycles. The van der Waals surface area contributed by atoms with Gasteiger partial charge in [0.05, 0.1) is 5.88 Å². The van der Waals surface area contributed by atoms with Crippen molar-refractivity contribution >= 4 is 21.6 Å². The molecule has 6 heteroatoms. The molecule has 0 aromatic carbocycles. The molecule has 0 radical (unpaired) electrons. The second-order valence-corrected chi connectivity index (χ2v) is 6.39. The smallest absolute Gasteiger partial charge is 0.276 e. The van der Waals surface area contributed by atoms with Gasteiger partial charge < -0.3 is 4.42 Å².